The number of nitrogens with zero attached hydrogens (tertiary/aromatic N) is 2. The molecule has 1 fully saturated rings. The van der Waals surface area contributed by atoms with E-state index >= 15 is 0 Å². The minimum absolute atomic E-state index is 0.0899. The van der Waals surface area contributed by atoms with Crippen molar-refractivity contribution in [3.8, 4) is 16.9 Å². The number of hydrogen-bond acceptors (Lipinski definition) is 4. The number of alkyl halides is 2. The van der Waals surface area contributed by atoms with Crippen LogP contribution >= 0.6 is 0 Å². The Morgan fingerprint density at radius 3 is 2.80 bits per heavy atom. The number of quaternary nitrogens is 1. The Morgan fingerprint density at radius 2 is 2.12 bits per heavy atom. The molecule has 0 N–H and O–H groups in total. The van der Waals surface area contributed by atoms with E-state index in [-0.39, 0.29) is 13.3 Å². The molecule has 1 aromatic heterocycles. The lowest BCUT2D eigenvalue weighted by Crippen LogP contribution is -2.38. The number of aryl methyl sites for hydroxylation is 1. The molecule has 1 atom stereocenters. The van der Waals surface area contributed by atoms with Gasteiger partial charge in [-0.3, -0.25) is 4.98 Å². The first kappa shape index (κ1) is 17.7. The summed E-state index contributed by atoms with van der Waals surface area (Å²) in [6, 6.07) is 5.46. The van der Waals surface area contributed by atoms with Crippen molar-refractivity contribution < 1.29 is 27.3 Å². The van der Waals surface area contributed by atoms with E-state index in [0.29, 0.717) is 30.0 Å². The summed E-state index contributed by atoms with van der Waals surface area (Å²) in [5.74, 6) is -1.41. The van der Waals surface area contributed by atoms with Crippen LogP contribution in [-0.4, -0.2) is 36.1 Å². The Morgan fingerprint density at radius 1 is 1.32 bits per heavy atom. The average Bonchev–Trinajstić information content (AvgIpc) is 2.98. The van der Waals surface area contributed by atoms with Crippen molar-refractivity contribution in [1.82, 2.24) is 4.98 Å². The SMILES string of the molecule is Cc1ncc(-c2ccc(F)c(OC(F)F)c2)cc1C[N+]1([O-])CCOC1. The first-order valence-electron chi connectivity index (χ1n) is 7.71. The van der Waals surface area contributed by atoms with Gasteiger partial charge in [0, 0.05) is 23.0 Å². The molecule has 0 bridgehead atoms. The van der Waals surface area contributed by atoms with E-state index < -0.39 is 22.8 Å². The summed E-state index contributed by atoms with van der Waals surface area (Å²) >= 11 is 0. The molecule has 1 aliphatic rings. The first-order valence-corrected chi connectivity index (χ1v) is 7.71. The maximum Gasteiger partial charge on any atom is 0.387 e. The van der Waals surface area contributed by atoms with Gasteiger partial charge in [0.05, 0.1) is 0 Å². The molecule has 1 aromatic carbocycles. The van der Waals surface area contributed by atoms with Crippen molar-refractivity contribution in [2.24, 2.45) is 0 Å². The fourth-order valence-electron chi connectivity index (χ4n) is 2.73. The highest BCUT2D eigenvalue weighted by molar-refractivity contribution is 5.65. The van der Waals surface area contributed by atoms with Gasteiger partial charge < -0.3 is 19.3 Å². The highest BCUT2D eigenvalue weighted by Crippen LogP contribution is 2.29. The predicted octanol–water partition coefficient (Wildman–Crippen LogP) is 3.60. The lowest BCUT2D eigenvalue weighted by Gasteiger charge is -2.36. The normalized spacial score (nSPS) is 20.2. The van der Waals surface area contributed by atoms with Crippen LogP contribution in [0.15, 0.2) is 30.5 Å². The maximum absolute atomic E-state index is 13.6. The zero-order valence-corrected chi connectivity index (χ0v) is 13.5. The van der Waals surface area contributed by atoms with E-state index in [4.69, 9.17) is 4.74 Å². The van der Waals surface area contributed by atoms with Crippen molar-refractivity contribution in [3.05, 3.63) is 52.7 Å². The molecule has 134 valence electrons. The minimum atomic E-state index is -3.11. The Balaban J connectivity index is 1.91. The molecule has 0 amide bonds. The first-order chi connectivity index (χ1) is 11.9. The summed E-state index contributed by atoms with van der Waals surface area (Å²) in [5, 5.41) is 12.5. The standard InChI is InChI=1S/C17H17F3N2O3/c1-11-14(9-22(23)4-5-24-10-22)6-13(8-21-11)12-2-3-15(18)16(7-12)25-17(19)20/h2-3,6-8,17H,4-5,9-10H2,1H3. The summed E-state index contributed by atoms with van der Waals surface area (Å²) < 4.78 is 47.2. The van der Waals surface area contributed by atoms with Gasteiger partial charge in [-0.1, -0.05) is 6.07 Å². The van der Waals surface area contributed by atoms with Gasteiger partial charge in [-0.25, -0.2) is 4.39 Å². The number of hydroxylamine groups is 3. The molecule has 2 heterocycles. The molecule has 5 nitrogen and oxygen atoms in total. The van der Waals surface area contributed by atoms with Crippen LogP contribution in [0, 0.1) is 17.9 Å². The second-order valence-electron chi connectivity index (χ2n) is 5.97. The van der Waals surface area contributed by atoms with Crippen molar-refractivity contribution in [3.63, 3.8) is 0 Å². The molecule has 3 rings (SSSR count). The Labute approximate surface area is 142 Å². The van der Waals surface area contributed by atoms with Gasteiger partial charge in [0.2, 0.25) is 0 Å². The van der Waals surface area contributed by atoms with Gasteiger partial charge >= 0.3 is 6.61 Å². The maximum atomic E-state index is 13.6. The summed E-state index contributed by atoms with van der Waals surface area (Å²) in [6.45, 7) is -0.246. The van der Waals surface area contributed by atoms with Gasteiger partial charge in [0.1, 0.15) is 19.7 Å². The average molecular weight is 354 g/mol. The molecule has 0 radical (unpaired) electrons. The highest BCUT2D eigenvalue weighted by atomic mass is 19.3. The number of ether oxygens (including phenoxy) is 2. The molecular formula is C17H17F3N2O3. The van der Waals surface area contributed by atoms with Crippen LogP contribution in [0.2, 0.25) is 0 Å². The number of aromatic nitrogens is 1. The van der Waals surface area contributed by atoms with Gasteiger partial charge in [-0.05, 0) is 30.7 Å². The van der Waals surface area contributed by atoms with Crippen LogP contribution < -0.4 is 4.74 Å². The lowest BCUT2D eigenvalue weighted by molar-refractivity contribution is -0.890. The minimum Gasteiger partial charge on any atom is -0.631 e. The van der Waals surface area contributed by atoms with E-state index in [1.54, 1.807) is 19.2 Å². The van der Waals surface area contributed by atoms with E-state index in [0.717, 1.165) is 11.6 Å². The largest absolute Gasteiger partial charge is 0.631 e. The molecule has 25 heavy (non-hydrogen) atoms. The second-order valence-corrected chi connectivity index (χ2v) is 5.97. The smallest absolute Gasteiger partial charge is 0.387 e. The molecule has 0 spiro atoms. The van der Waals surface area contributed by atoms with Crippen LogP contribution in [0.3, 0.4) is 0 Å². The fourth-order valence-corrected chi connectivity index (χ4v) is 2.73. The molecule has 1 saturated heterocycles. The molecule has 2 aromatic rings. The van der Waals surface area contributed by atoms with Gasteiger partial charge in [0.25, 0.3) is 0 Å². The van der Waals surface area contributed by atoms with Crippen LogP contribution in [0.1, 0.15) is 11.3 Å². The van der Waals surface area contributed by atoms with Crippen molar-refractivity contribution in [2.45, 2.75) is 20.1 Å². The van der Waals surface area contributed by atoms with Crippen LogP contribution in [0.4, 0.5) is 13.2 Å². The molecular weight excluding hydrogens is 337 g/mol. The van der Waals surface area contributed by atoms with Crippen molar-refractivity contribution >= 4 is 0 Å². The van der Waals surface area contributed by atoms with E-state index in [2.05, 4.69) is 9.72 Å². The van der Waals surface area contributed by atoms with E-state index in [1.165, 1.54) is 12.1 Å². The Hall–Kier alpha value is -2.16. The third-order valence-corrected chi connectivity index (χ3v) is 4.10. The van der Waals surface area contributed by atoms with Crippen LogP contribution in [0.25, 0.3) is 11.1 Å². The summed E-state index contributed by atoms with van der Waals surface area (Å²) in [4.78, 5) is 4.27. The van der Waals surface area contributed by atoms with Gasteiger partial charge in [-0.2, -0.15) is 8.78 Å². The number of halogens is 3. The summed E-state index contributed by atoms with van der Waals surface area (Å²) in [6.07, 6.45) is 1.55. The molecule has 0 saturated carbocycles. The van der Waals surface area contributed by atoms with Crippen molar-refractivity contribution in [1.29, 1.82) is 0 Å². The van der Waals surface area contributed by atoms with Crippen LogP contribution in [0.5, 0.6) is 5.75 Å². The molecule has 8 heteroatoms. The quantitative estimate of drug-likeness (QED) is 0.608. The van der Waals surface area contributed by atoms with Crippen molar-refractivity contribution in [2.75, 3.05) is 19.9 Å². The third-order valence-electron chi connectivity index (χ3n) is 4.10. The zero-order chi connectivity index (χ0) is 18.0. The zero-order valence-electron chi connectivity index (χ0n) is 13.5. The Kier molecular flexibility index (Phi) is 4.94. The molecule has 1 aliphatic heterocycles. The summed E-state index contributed by atoms with van der Waals surface area (Å²) in [5.41, 5.74) is 2.50. The number of pyridine rings is 1. The number of rotatable bonds is 5. The lowest BCUT2D eigenvalue weighted by atomic mass is 10.0. The Bertz CT molecular complexity index is 765. The fraction of sp³-hybridized carbons (Fsp3) is 0.353. The van der Waals surface area contributed by atoms with Gasteiger partial charge in [-0.15, -0.1) is 0 Å². The molecule has 0 aliphatic carbocycles. The third kappa shape index (κ3) is 4.09. The van der Waals surface area contributed by atoms with Crippen LogP contribution in [-0.2, 0) is 11.3 Å². The van der Waals surface area contributed by atoms with E-state index in [9.17, 15) is 18.4 Å². The summed E-state index contributed by atoms with van der Waals surface area (Å²) in [7, 11) is 0. The molecule has 1 unspecified atom stereocenters. The predicted molar refractivity (Wildman–Crippen MR) is 84.0 cm³/mol. The van der Waals surface area contributed by atoms with E-state index in [1.807, 2.05) is 0 Å². The monoisotopic (exact) mass is 354 g/mol. The topological polar surface area (TPSA) is 54.4 Å². The second kappa shape index (κ2) is 6.99. The highest BCUT2D eigenvalue weighted by Gasteiger charge is 2.25. The number of benzene rings is 1. The number of hydrogen-bond donors (Lipinski definition) is 0. The van der Waals surface area contributed by atoms with Gasteiger partial charge in [0.15, 0.2) is 18.3 Å².